The number of methoxy groups -OCH3 is 2. The number of fused-ring (bicyclic) bond motifs is 2. The molecule has 0 amide bonds. The van der Waals surface area contributed by atoms with E-state index in [4.69, 9.17) is 23.0 Å². The minimum absolute atomic E-state index is 0.142. The fraction of sp³-hybridized carbons (Fsp3) is 0.0741. The summed E-state index contributed by atoms with van der Waals surface area (Å²) in [5, 5.41) is 1.16. The maximum Gasteiger partial charge on any atom is 0.344 e. The van der Waals surface area contributed by atoms with Gasteiger partial charge in [0.25, 0.3) is 0 Å². The zero-order valence-corrected chi connectivity index (χ0v) is 20.6. The quantitative estimate of drug-likeness (QED) is 0.159. The first-order valence-corrected chi connectivity index (χ1v) is 11.4. The molecule has 3 aromatic carbocycles. The summed E-state index contributed by atoms with van der Waals surface area (Å²) >= 11 is 3.40. The molecule has 8 nitrogen and oxygen atoms in total. The number of hydrogen-bond donors (Lipinski definition) is 0. The van der Waals surface area contributed by atoms with E-state index in [1.54, 1.807) is 48.5 Å². The lowest BCUT2D eigenvalue weighted by Crippen LogP contribution is -2.09. The third-order valence-electron chi connectivity index (χ3n) is 5.53. The van der Waals surface area contributed by atoms with Crippen molar-refractivity contribution in [2.75, 3.05) is 14.2 Å². The lowest BCUT2D eigenvalue weighted by Gasteiger charge is -2.10. The number of rotatable bonds is 5. The molecule has 0 saturated carbocycles. The topological polar surface area (TPSA) is 105 Å². The Morgan fingerprint density at radius 2 is 1.58 bits per heavy atom. The van der Waals surface area contributed by atoms with E-state index < -0.39 is 17.2 Å². The SMILES string of the molecule is COc1ccc(C(=O)Oc2ccc3c(-c4cc5cc(Br)ccc5oc4=O)cc(=O)oc3c2)cc1OC. The maximum absolute atomic E-state index is 12.7. The van der Waals surface area contributed by atoms with Gasteiger partial charge < -0.3 is 23.0 Å². The van der Waals surface area contributed by atoms with E-state index in [0.29, 0.717) is 33.4 Å². The summed E-state index contributed by atoms with van der Waals surface area (Å²) in [4.78, 5) is 37.8. The number of halogens is 1. The molecule has 36 heavy (non-hydrogen) atoms. The number of esters is 1. The first kappa shape index (κ1) is 23.4. The first-order chi connectivity index (χ1) is 17.4. The van der Waals surface area contributed by atoms with E-state index >= 15 is 0 Å². The summed E-state index contributed by atoms with van der Waals surface area (Å²) in [6.07, 6.45) is 0. The van der Waals surface area contributed by atoms with Crippen molar-refractivity contribution in [2.45, 2.75) is 0 Å². The van der Waals surface area contributed by atoms with Crippen LogP contribution in [0.5, 0.6) is 17.2 Å². The third-order valence-corrected chi connectivity index (χ3v) is 6.02. The van der Waals surface area contributed by atoms with Gasteiger partial charge in [0.2, 0.25) is 0 Å². The molecule has 0 bridgehead atoms. The normalized spacial score (nSPS) is 11.0. The summed E-state index contributed by atoms with van der Waals surface area (Å²) in [6.45, 7) is 0. The molecule has 2 aromatic heterocycles. The standard InChI is InChI=1S/C27H17BrO8/c1-32-22-7-3-14(11-24(22)33-2)26(30)34-17-5-6-18-19(13-25(29)35-23(18)12-17)20-10-15-9-16(28)4-8-21(15)36-27(20)31/h3-13H,1-2H3. The van der Waals surface area contributed by atoms with Crippen LogP contribution in [0.25, 0.3) is 33.1 Å². The highest BCUT2D eigenvalue weighted by molar-refractivity contribution is 9.10. The highest BCUT2D eigenvalue weighted by Gasteiger charge is 2.17. The molecule has 0 saturated heterocycles. The molecule has 2 heterocycles. The number of carbonyl (C=O) groups excluding carboxylic acids is 1. The molecule has 5 aromatic rings. The molecule has 9 heteroatoms. The maximum atomic E-state index is 12.7. The average Bonchev–Trinajstić information content (AvgIpc) is 2.87. The second kappa shape index (κ2) is 9.35. The molecule has 5 rings (SSSR count). The largest absolute Gasteiger partial charge is 0.493 e. The van der Waals surface area contributed by atoms with E-state index in [0.717, 1.165) is 4.47 Å². The van der Waals surface area contributed by atoms with Crippen molar-refractivity contribution in [1.29, 1.82) is 0 Å². The smallest absolute Gasteiger partial charge is 0.344 e. The van der Waals surface area contributed by atoms with Crippen molar-refractivity contribution in [2.24, 2.45) is 0 Å². The summed E-state index contributed by atoms with van der Waals surface area (Å²) in [7, 11) is 2.96. The molecule has 0 spiro atoms. The lowest BCUT2D eigenvalue weighted by molar-refractivity contribution is 0.0734. The van der Waals surface area contributed by atoms with Crippen LogP contribution in [-0.2, 0) is 0 Å². The average molecular weight is 549 g/mol. The van der Waals surface area contributed by atoms with Crippen molar-refractivity contribution in [3.8, 4) is 28.4 Å². The number of carbonyl (C=O) groups is 1. The van der Waals surface area contributed by atoms with Crippen LogP contribution < -0.4 is 25.5 Å². The van der Waals surface area contributed by atoms with Gasteiger partial charge in [0.05, 0.1) is 25.3 Å². The molecule has 0 aliphatic heterocycles. The molecule has 0 unspecified atom stereocenters. The number of benzene rings is 3. The van der Waals surface area contributed by atoms with Crippen molar-refractivity contribution < 1.29 is 27.8 Å². The van der Waals surface area contributed by atoms with Crippen LogP contribution in [0.1, 0.15) is 10.4 Å². The van der Waals surface area contributed by atoms with Gasteiger partial charge in [0.15, 0.2) is 11.5 Å². The van der Waals surface area contributed by atoms with Crippen LogP contribution in [0.15, 0.2) is 89.6 Å². The molecule has 180 valence electrons. The van der Waals surface area contributed by atoms with Gasteiger partial charge in [-0.25, -0.2) is 14.4 Å². The molecule has 0 aliphatic rings. The highest BCUT2D eigenvalue weighted by atomic mass is 79.9. The van der Waals surface area contributed by atoms with Gasteiger partial charge in [0, 0.05) is 32.9 Å². The Morgan fingerprint density at radius 3 is 2.36 bits per heavy atom. The van der Waals surface area contributed by atoms with E-state index in [1.165, 1.54) is 32.4 Å². The Bertz CT molecular complexity index is 1770. The van der Waals surface area contributed by atoms with E-state index in [2.05, 4.69) is 15.9 Å². The van der Waals surface area contributed by atoms with Gasteiger partial charge in [-0.1, -0.05) is 15.9 Å². The van der Waals surface area contributed by atoms with Crippen molar-refractivity contribution in [3.05, 3.63) is 97.6 Å². The molecular formula is C27H17BrO8. The van der Waals surface area contributed by atoms with Crippen LogP contribution in [0.4, 0.5) is 0 Å². The van der Waals surface area contributed by atoms with E-state index in [-0.39, 0.29) is 22.5 Å². The fourth-order valence-corrected chi connectivity index (χ4v) is 4.22. The van der Waals surface area contributed by atoms with Gasteiger partial charge in [-0.05, 0) is 54.6 Å². The molecule has 0 N–H and O–H groups in total. The Labute approximate surface area is 211 Å². The lowest BCUT2D eigenvalue weighted by atomic mass is 10.0. The third kappa shape index (κ3) is 4.36. The summed E-state index contributed by atoms with van der Waals surface area (Å²) < 4.78 is 27.5. The van der Waals surface area contributed by atoms with Crippen LogP contribution in [0.2, 0.25) is 0 Å². The monoisotopic (exact) mass is 548 g/mol. The molecule has 0 atom stereocenters. The fourth-order valence-electron chi connectivity index (χ4n) is 3.84. The van der Waals surface area contributed by atoms with Crippen LogP contribution in [-0.4, -0.2) is 20.2 Å². The Kier molecular flexibility index (Phi) is 6.07. The Morgan fingerprint density at radius 1 is 0.778 bits per heavy atom. The number of ether oxygens (including phenoxy) is 3. The zero-order chi connectivity index (χ0) is 25.4. The van der Waals surface area contributed by atoms with Crippen LogP contribution >= 0.6 is 15.9 Å². The number of hydrogen-bond acceptors (Lipinski definition) is 8. The van der Waals surface area contributed by atoms with Crippen molar-refractivity contribution in [3.63, 3.8) is 0 Å². The van der Waals surface area contributed by atoms with Gasteiger partial charge >= 0.3 is 17.2 Å². The summed E-state index contributed by atoms with van der Waals surface area (Å²) in [5.41, 5.74) is 0.0776. The highest BCUT2D eigenvalue weighted by Crippen LogP contribution is 2.31. The molecule has 0 aliphatic carbocycles. The van der Waals surface area contributed by atoms with Gasteiger partial charge in [-0.2, -0.15) is 0 Å². The predicted octanol–water partition coefficient (Wildman–Crippen LogP) is 5.57. The predicted molar refractivity (Wildman–Crippen MR) is 136 cm³/mol. The van der Waals surface area contributed by atoms with E-state index in [9.17, 15) is 14.4 Å². The van der Waals surface area contributed by atoms with Crippen LogP contribution in [0, 0.1) is 0 Å². The Balaban J connectivity index is 1.54. The minimum Gasteiger partial charge on any atom is -0.493 e. The first-order valence-electron chi connectivity index (χ1n) is 10.6. The van der Waals surface area contributed by atoms with Crippen molar-refractivity contribution in [1.82, 2.24) is 0 Å². The Hall–Kier alpha value is -4.37. The summed E-state index contributed by atoms with van der Waals surface area (Å²) in [5.74, 6) is 0.355. The zero-order valence-electron chi connectivity index (χ0n) is 19.0. The second-order valence-electron chi connectivity index (χ2n) is 7.73. The second-order valence-corrected chi connectivity index (χ2v) is 8.64. The van der Waals surface area contributed by atoms with E-state index in [1.807, 2.05) is 0 Å². The van der Waals surface area contributed by atoms with Crippen molar-refractivity contribution >= 4 is 43.8 Å². The summed E-state index contributed by atoms with van der Waals surface area (Å²) in [6, 6.07) is 17.3. The van der Waals surface area contributed by atoms with Gasteiger partial charge in [-0.15, -0.1) is 0 Å². The van der Waals surface area contributed by atoms with Gasteiger partial charge in [-0.3, -0.25) is 0 Å². The van der Waals surface area contributed by atoms with Gasteiger partial charge in [0.1, 0.15) is 16.9 Å². The molecule has 0 radical (unpaired) electrons. The minimum atomic E-state index is -0.672. The molecule has 0 fully saturated rings. The molecular weight excluding hydrogens is 532 g/mol. The van der Waals surface area contributed by atoms with Crippen LogP contribution in [0.3, 0.4) is 0 Å².